The first-order chi connectivity index (χ1) is 6.24. The standard InChI is InChI=1S/C7H4O5S/c8-4-11-6(9)7(10)12-5-1-2-13-3-5/h1-4H. The van der Waals surface area contributed by atoms with E-state index in [2.05, 4.69) is 9.47 Å². The van der Waals surface area contributed by atoms with Gasteiger partial charge in [0.2, 0.25) is 0 Å². The minimum atomic E-state index is -1.33. The molecular weight excluding hydrogens is 196 g/mol. The van der Waals surface area contributed by atoms with E-state index in [1.165, 1.54) is 22.8 Å². The van der Waals surface area contributed by atoms with Crippen LogP contribution in [0.3, 0.4) is 0 Å². The van der Waals surface area contributed by atoms with Crippen LogP contribution in [-0.4, -0.2) is 18.4 Å². The molecule has 0 saturated carbocycles. The lowest BCUT2D eigenvalue weighted by Crippen LogP contribution is -2.22. The van der Waals surface area contributed by atoms with E-state index < -0.39 is 11.9 Å². The van der Waals surface area contributed by atoms with Crippen molar-refractivity contribution in [2.75, 3.05) is 0 Å². The summed E-state index contributed by atoms with van der Waals surface area (Å²) in [4.78, 5) is 31.0. The molecule has 0 radical (unpaired) electrons. The minimum Gasteiger partial charge on any atom is -0.417 e. The third-order valence-electron chi connectivity index (χ3n) is 1.03. The van der Waals surface area contributed by atoms with Crippen LogP contribution in [0.5, 0.6) is 5.75 Å². The fourth-order valence-corrected chi connectivity index (χ4v) is 1.10. The van der Waals surface area contributed by atoms with E-state index >= 15 is 0 Å². The van der Waals surface area contributed by atoms with Gasteiger partial charge in [0, 0.05) is 5.38 Å². The summed E-state index contributed by atoms with van der Waals surface area (Å²) in [6.45, 7) is -0.128. The van der Waals surface area contributed by atoms with Crippen LogP contribution in [0.2, 0.25) is 0 Å². The molecule has 5 nitrogen and oxygen atoms in total. The molecule has 0 amide bonds. The number of carbonyl (C=O) groups excluding carboxylic acids is 3. The zero-order chi connectivity index (χ0) is 9.68. The second kappa shape index (κ2) is 4.36. The SMILES string of the molecule is O=COC(=O)C(=O)Oc1ccsc1. The van der Waals surface area contributed by atoms with Crippen molar-refractivity contribution in [2.45, 2.75) is 0 Å². The third kappa shape index (κ3) is 2.68. The number of hydrogen-bond acceptors (Lipinski definition) is 6. The molecule has 1 heterocycles. The van der Waals surface area contributed by atoms with Crippen LogP contribution in [0.1, 0.15) is 0 Å². The fourth-order valence-electron chi connectivity index (χ4n) is 0.551. The predicted molar refractivity (Wildman–Crippen MR) is 42.1 cm³/mol. The predicted octanol–water partition coefficient (Wildman–Crippen LogP) is 0.353. The molecule has 0 aliphatic carbocycles. The Morgan fingerprint density at radius 1 is 1.38 bits per heavy atom. The van der Waals surface area contributed by atoms with Gasteiger partial charge in [-0.3, -0.25) is 4.79 Å². The summed E-state index contributed by atoms with van der Waals surface area (Å²) in [7, 11) is 0. The summed E-state index contributed by atoms with van der Waals surface area (Å²) in [6.07, 6.45) is 0. The van der Waals surface area contributed by atoms with Crippen LogP contribution in [0.15, 0.2) is 16.8 Å². The molecule has 0 bridgehead atoms. The molecule has 0 spiro atoms. The first kappa shape index (κ1) is 9.40. The fraction of sp³-hybridized carbons (Fsp3) is 0. The van der Waals surface area contributed by atoms with Gasteiger partial charge in [-0.2, -0.15) is 0 Å². The van der Waals surface area contributed by atoms with Gasteiger partial charge in [0.05, 0.1) is 0 Å². The van der Waals surface area contributed by atoms with Gasteiger partial charge in [-0.1, -0.05) is 0 Å². The van der Waals surface area contributed by atoms with Crippen molar-refractivity contribution in [1.82, 2.24) is 0 Å². The summed E-state index contributed by atoms with van der Waals surface area (Å²) in [5.74, 6) is -2.30. The Morgan fingerprint density at radius 2 is 2.15 bits per heavy atom. The number of thiophene rings is 1. The van der Waals surface area contributed by atoms with Crippen LogP contribution < -0.4 is 4.74 Å². The second-order valence-corrected chi connectivity index (χ2v) is 2.63. The summed E-state index contributed by atoms with van der Waals surface area (Å²) >= 11 is 1.31. The Bertz CT molecular complexity index is 316. The average molecular weight is 200 g/mol. The molecule has 0 saturated heterocycles. The van der Waals surface area contributed by atoms with E-state index in [-0.39, 0.29) is 12.2 Å². The van der Waals surface area contributed by atoms with Crippen molar-refractivity contribution in [2.24, 2.45) is 0 Å². The molecule has 0 aromatic carbocycles. The van der Waals surface area contributed by atoms with E-state index in [9.17, 15) is 14.4 Å². The first-order valence-corrected chi connectivity index (χ1v) is 4.07. The van der Waals surface area contributed by atoms with Crippen molar-refractivity contribution in [3.63, 3.8) is 0 Å². The number of ether oxygens (including phenoxy) is 2. The molecule has 0 unspecified atom stereocenters. The van der Waals surface area contributed by atoms with Gasteiger partial charge in [0.25, 0.3) is 0 Å². The van der Waals surface area contributed by atoms with E-state index in [0.717, 1.165) is 0 Å². The van der Waals surface area contributed by atoms with Gasteiger partial charge in [0.1, 0.15) is 5.75 Å². The van der Waals surface area contributed by atoms with Crippen molar-refractivity contribution in [3.05, 3.63) is 16.8 Å². The maximum atomic E-state index is 10.7. The number of rotatable bonds is 2. The summed E-state index contributed by atoms with van der Waals surface area (Å²) in [6, 6.07) is 1.51. The smallest absolute Gasteiger partial charge is 0.417 e. The summed E-state index contributed by atoms with van der Waals surface area (Å²) in [5, 5.41) is 3.21. The van der Waals surface area contributed by atoms with Crippen LogP contribution in [0.4, 0.5) is 0 Å². The van der Waals surface area contributed by atoms with Gasteiger partial charge in [0.15, 0.2) is 0 Å². The highest BCUT2D eigenvalue weighted by Crippen LogP contribution is 2.14. The van der Waals surface area contributed by atoms with Gasteiger partial charge in [-0.15, -0.1) is 11.3 Å². The number of carbonyl (C=O) groups is 3. The molecule has 1 rings (SSSR count). The number of esters is 2. The molecule has 0 fully saturated rings. The normalized spacial score (nSPS) is 8.92. The van der Waals surface area contributed by atoms with Gasteiger partial charge in [-0.05, 0) is 11.4 Å². The van der Waals surface area contributed by atoms with Crippen LogP contribution in [0.25, 0.3) is 0 Å². The lowest BCUT2D eigenvalue weighted by atomic mass is 10.6. The largest absolute Gasteiger partial charge is 0.425 e. The van der Waals surface area contributed by atoms with E-state index in [1.54, 1.807) is 5.38 Å². The highest BCUT2D eigenvalue weighted by Gasteiger charge is 2.17. The Kier molecular flexibility index (Phi) is 3.15. The highest BCUT2D eigenvalue weighted by atomic mass is 32.1. The maximum Gasteiger partial charge on any atom is 0.425 e. The van der Waals surface area contributed by atoms with Crippen LogP contribution in [0, 0.1) is 0 Å². The second-order valence-electron chi connectivity index (χ2n) is 1.85. The van der Waals surface area contributed by atoms with E-state index in [1.807, 2.05) is 0 Å². The molecule has 0 N–H and O–H groups in total. The molecule has 6 heteroatoms. The van der Waals surface area contributed by atoms with E-state index in [4.69, 9.17) is 0 Å². The maximum absolute atomic E-state index is 10.7. The molecular formula is C7H4O5S. The van der Waals surface area contributed by atoms with Gasteiger partial charge < -0.3 is 9.47 Å². The summed E-state index contributed by atoms with van der Waals surface area (Å²) < 4.78 is 8.27. The highest BCUT2D eigenvalue weighted by molar-refractivity contribution is 7.08. The third-order valence-corrected chi connectivity index (χ3v) is 1.69. The van der Waals surface area contributed by atoms with Crippen molar-refractivity contribution < 1.29 is 23.9 Å². The van der Waals surface area contributed by atoms with Gasteiger partial charge >= 0.3 is 18.4 Å². The zero-order valence-corrected chi connectivity index (χ0v) is 7.08. The zero-order valence-electron chi connectivity index (χ0n) is 6.26. The average Bonchev–Trinajstić information content (AvgIpc) is 2.57. The van der Waals surface area contributed by atoms with Gasteiger partial charge in [-0.25, -0.2) is 9.59 Å². The molecule has 0 aliphatic rings. The monoisotopic (exact) mass is 200 g/mol. The molecule has 13 heavy (non-hydrogen) atoms. The molecule has 0 atom stereocenters. The Hall–Kier alpha value is -1.69. The van der Waals surface area contributed by atoms with Crippen LogP contribution >= 0.6 is 11.3 Å². The number of hydrogen-bond donors (Lipinski definition) is 0. The summed E-state index contributed by atoms with van der Waals surface area (Å²) in [5.41, 5.74) is 0. The minimum absolute atomic E-state index is 0.128. The molecule has 1 aromatic heterocycles. The topological polar surface area (TPSA) is 69.7 Å². The lowest BCUT2D eigenvalue weighted by molar-refractivity contribution is -0.164. The molecule has 68 valence electrons. The quantitative estimate of drug-likeness (QED) is 0.298. The lowest BCUT2D eigenvalue weighted by Gasteiger charge is -1.97. The van der Waals surface area contributed by atoms with Crippen molar-refractivity contribution in [1.29, 1.82) is 0 Å². The first-order valence-electron chi connectivity index (χ1n) is 3.12. The Labute approximate surface area is 76.9 Å². The Morgan fingerprint density at radius 3 is 2.69 bits per heavy atom. The Balaban J connectivity index is 2.51. The van der Waals surface area contributed by atoms with Crippen molar-refractivity contribution >= 4 is 29.7 Å². The van der Waals surface area contributed by atoms with Crippen LogP contribution in [-0.2, 0) is 19.1 Å². The van der Waals surface area contributed by atoms with E-state index in [0.29, 0.717) is 0 Å². The van der Waals surface area contributed by atoms with Crippen molar-refractivity contribution in [3.8, 4) is 5.75 Å². The molecule has 0 aliphatic heterocycles. The molecule has 1 aromatic rings.